The van der Waals surface area contributed by atoms with Gasteiger partial charge in [-0.05, 0) is 13.0 Å². The first-order valence-electron chi connectivity index (χ1n) is 3.96. The number of carbonyl (C=O) groups is 1. The van der Waals surface area contributed by atoms with Crippen molar-refractivity contribution in [3.05, 3.63) is 33.4 Å². The topological polar surface area (TPSA) is 110 Å². The quantitative estimate of drug-likeness (QED) is 0.338. The van der Waals surface area contributed by atoms with Gasteiger partial charge >= 0.3 is 0 Å². The van der Waals surface area contributed by atoms with Gasteiger partial charge in [0, 0.05) is 17.3 Å². The number of Topliss-reactive ketones (excluding diaryl/α,β-unsaturated/α-hetero) is 1. The third-order valence-corrected chi connectivity index (χ3v) is 1.83. The molecular weight excluding hydrogens is 198 g/mol. The molecule has 0 atom stereocenters. The van der Waals surface area contributed by atoms with Crippen molar-refractivity contribution in [2.75, 3.05) is 5.73 Å². The molecule has 2 N–H and O–H groups in total. The molecule has 15 heavy (non-hydrogen) atoms. The van der Waals surface area contributed by atoms with Gasteiger partial charge in [-0.3, -0.25) is 14.9 Å². The van der Waals surface area contributed by atoms with Crippen LogP contribution in [-0.2, 0) is 0 Å². The average Bonchev–Trinajstić information content (AvgIpc) is 2.16. The van der Waals surface area contributed by atoms with Crippen molar-refractivity contribution < 1.29 is 9.72 Å². The number of rotatable bonds is 2. The molecule has 0 bridgehead atoms. The van der Waals surface area contributed by atoms with Gasteiger partial charge in [0.05, 0.1) is 4.92 Å². The predicted molar refractivity (Wildman–Crippen MR) is 52.2 cm³/mol. The number of ketones is 1. The summed E-state index contributed by atoms with van der Waals surface area (Å²) in [5, 5.41) is 19.3. The number of nitrogens with two attached hydrogens (primary N) is 1. The zero-order chi connectivity index (χ0) is 11.6. The summed E-state index contributed by atoms with van der Waals surface area (Å²) < 4.78 is 0. The second-order valence-electron chi connectivity index (χ2n) is 2.89. The number of carbonyl (C=O) groups excluding carboxylic acids is 1. The molecule has 0 saturated carbocycles. The van der Waals surface area contributed by atoms with E-state index in [1.54, 1.807) is 6.07 Å². The Hall–Kier alpha value is -2.42. The smallest absolute Gasteiger partial charge is 0.289 e. The molecule has 1 aromatic carbocycles. The number of hydrogen-bond acceptors (Lipinski definition) is 5. The third-order valence-electron chi connectivity index (χ3n) is 1.83. The summed E-state index contributed by atoms with van der Waals surface area (Å²) in [5.74, 6) is -0.429. The van der Waals surface area contributed by atoms with E-state index in [-0.39, 0.29) is 16.8 Å². The SMILES string of the molecule is CC(=O)c1cc(N)cc([N+](=O)[O-])c1C#N. The highest BCUT2D eigenvalue weighted by Crippen LogP contribution is 2.25. The summed E-state index contributed by atoms with van der Waals surface area (Å²) in [5.41, 5.74) is 4.77. The van der Waals surface area contributed by atoms with Crippen LogP contribution < -0.4 is 5.73 Å². The zero-order valence-electron chi connectivity index (χ0n) is 7.85. The fourth-order valence-electron chi connectivity index (χ4n) is 1.19. The molecular formula is C9H7N3O3. The summed E-state index contributed by atoms with van der Waals surface area (Å²) in [4.78, 5) is 21.0. The van der Waals surface area contributed by atoms with Crippen LogP contribution >= 0.6 is 0 Å². The van der Waals surface area contributed by atoms with E-state index in [0.717, 1.165) is 6.07 Å². The third kappa shape index (κ3) is 1.91. The molecule has 0 aliphatic carbocycles. The van der Waals surface area contributed by atoms with E-state index in [1.165, 1.54) is 13.0 Å². The first-order valence-corrected chi connectivity index (χ1v) is 3.96. The lowest BCUT2D eigenvalue weighted by Crippen LogP contribution is -2.03. The summed E-state index contributed by atoms with van der Waals surface area (Å²) in [7, 11) is 0. The molecule has 1 rings (SSSR count). The van der Waals surface area contributed by atoms with Crippen molar-refractivity contribution in [2.45, 2.75) is 6.92 Å². The minimum Gasteiger partial charge on any atom is -0.399 e. The molecule has 0 spiro atoms. The molecule has 76 valence electrons. The summed E-state index contributed by atoms with van der Waals surface area (Å²) in [6, 6.07) is 3.95. The van der Waals surface area contributed by atoms with Crippen LogP contribution in [0.1, 0.15) is 22.8 Å². The van der Waals surface area contributed by atoms with Gasteiger partial charge in [0.15, 0.2) is 5.78 Å². The van der Waals surface area contributed by atoms with Crippen LogP contribution in [0.2, 0.25) is 0 Å². The molecule has 0 saturated heterocycles. The van der Waals surface area contributed by atoms with Gasteiger partial charge in [-0.15, -0.1) is 0 Å². The van der Waals surface area contributed by atoms with Crippen LogP contribution in [-0.4, -0.2) is 10.7 Å². The van der Waals surface area contributed by atoms with Crippen LogP contribution in [0.5, 0.6) is 0 Å². The van der Waals surface area contributed by atoms with Crippen molar-refractivity contribution in [2.24, 2.45) is 0 Å². The lowest BCUT2D eigenvalue weighted by Gasteiger charge is -2.02. The molecule has 6 nitrogen and oxygen atoms in total. The Labute approximate surface area is 85.1 Å². The van der Waals surface area contributed by atoms with E-state index in [9.17, 15) is 14.9 Å². The van der Waals surface area contributed by atoms with E-state index in [0.29, 0.717) is 0 Å². The average molecular weight is 205 g/mol. The van der Waals surface area contributed by atoms with Gasteiger partial charge in [0.2, 0.25) is 0 Å². The molecule has 0 aromatic heterocycles. The first-order chi connectivity index (χ1) is 6.97. The number of hydrogen-bond donors (Lipinski definition) is 1. The number of nitrogen functional groups attached to an aromatic ring is 1. The normalized spacial score (nSPS) is 9.33. The highest BCUT2D eigenvalue weighted by Gasteiger charge is 2.20. The fraction of sp³-hybridized carbons (Fsp3) is 0.111. The summed E-state index contributed by atoms with van der Waals surface area (Å²) in [6.07, 6.45) is 0. The second kappa shape index (κ2) is 3.75. The standard InChI is InChI=1S/C9H7N3O3/c1-5(13)7-2-6(11)3-9(12(14)15)8(7)4-10/h2-3H,11H2,1H3. The maximum Gasteiger partial charge on any atom is 0.289 e. The Bertz CT molecular complexity index is 453. The number of nitro groups is 1. The van der Waals surface area contributed by atoms with Crippen LogP contribution in [0.15, 0.2) is 12.1 Å². The van der Waals surface area contributed by atoms with Crippen molar-refractivity contribution >= 4 is 17.2 Å². The number of nitrogens with zero attached hydrogens (tertiary/aromatic N) is 2. The molecule has 0 aliphatic rings. The van der Waals surface area contributed by atoms with Crippen LogP contribution in [0.4, 0.5) is 11.4 Å². The lowest BCUT2D eigenvalue weighted by atomic mass is 10.0. The minimum atomic E-state index is -0.735. The Morgan fingerprint density at radius 1 is 1.60 bits per heavy atom. The number of nitriles is 1. The Balaban J connectivity index is 3.62. The van der Waals surface area contributed by atoms with Gasteiger partial charge in [-0.2, -0.15) is 5.26 Å². The molecule has 0 amide bonds. The van der Waals surface area contributed by atoms with Gasteiger partial charge < -0.3 is 5.73 Å². The second-order valence-corrected chi connectivity index (χ2v) is 2.89. The van der Waals surface area contributed by atoms with Crippen LogP contribution in [0.25, 0.3) is 0 Å². The predicted octanol–water partition coefficient (Wildman–Crippen LogP) is 1.25. The van der Waals surface area contributed by atoms with Gasteiger partial charge in [-0.1, -0.05) is 0 Å². The van der Waals surface area contributed by atoms with Crippen molar-refractivity contribution in [1.29, 1.82) is 5.26 Å². The summed E-state index contributed by atoms with van der Waals surface area (Å²) >= 11 is 0. The van der Waals surface area contributed by atoms with Crippen LogP contribution in [0.3, 0.4) is 0 Å². The largest absolute Gasteiger partial charge is 0.399 e. The summed E-state index contributed by atoms with van der Waals surface area (Å²) in [6.45, 7) is 1.22. The molecule has 1 aromatic rings. The van der Waals surface area contributed by atoms with E-state index >= 15 is 0 Å². The fourth-order valence-corrected chi connectivity index (χ4v) is 1.19. The van der Waals surface area contributed by atoms with E-state index in [4.69, 9.17) is 11.0 Å². The van der Waals surface area contributed by atoms with Crippen LogP contribution in [0, 0.1) is 21.4 Å². The van der Waals surface area contributed by atoms with Gasteiger partial charge in [0.25, 0.3) is 5.69 Å². The van der Waals surface area contributed by atoms with E-state index in [1.807, 2.05) is 0 Å². The van der Waals surface area contributed by atoms with Crippen molar-refractivity contribution in [3.8, 4) is 6.07 Å². The molecule has 6 heteroatoms. The number of nitro benzene ring substituents is 1. The first kappa shape index (κ1) is 10.7. The van der Waals surface area contributed by atoms with Gasteiger partial charge in [0.1, 0.15) is 11.6 Å². The maximum absolute atomic E-state index is 11.1. The molecule has 0 aliphatic heterocycles. The maximum atomic E-state index is 11.1. The van der Waals surface area contributed by atoms with E-state index in [2.05, 4.69) is 0 Å². The molecule has 0 radical (unpaired) electrons. The van der Waals surface area contributed by atoms with E-state index < -0.39 is 16.4 Å². The molecule has 0 fully saturated rings. The highest BCUT2D eigenvalue weighted by molar-refractivity contribution is 5.98. The lowest BCUT2D eigenvalue weighted by molar-refractivity contribution is -0.385. The zero-order valence-corrected chi connectivity index (χ0v) is 7.85. The number of anilines is 1. The van der Waals surface area contributed by atoms with Crippen molar-refractivity contribution in [3.63, 3.8) is 0 Å². The Kier molecular flexibility index (Phi) is 2.67. The van der Waals surface area contributed by atoms with Gasteiger partial charge in [-0.25, -0.2) is 0 Å². The Morgan fingerprint density at radius 3 is 2.60 bits per heavy atom. The molecule has 0 unspecified atom stereocenters. The monoisotopic (exact) mass is 205 g/mol. The number of benzene rings is 1. The molecule has 0 heterocycles. The highest BCUT2D eigenvalue weighted by atomic mass is 16.6. The minimum absolute atomic E-state index is 0.0239. The van der Waals surface area contributed by atoms with Crippen molar-refractivity contribution in [1.82, 2.24) is 0 Å². The Morgan fingerprint density at radius 2 is 2.20 bits per heavy atom.